The van der Waals surface area contributed by atoms with Gasteiger partial charge in [-0.2, -0.15) is 0 Å². The molecule has 3 heterocycles. The minimum atomic E-state index is -0.428. The second-order valence-corrected chi connectivity index (χ2v) is 6.81. The van der Waals surface area contributed by atoms with Gasteiger partial charge in [-0.05, 0) is 51.7 Å². The number of amides is 1. The Labute approximate surface area is 120 Å². The summed E-state index contributed by atoms with van der Waals surface area (Å²) in [5.74, 6) is 0.412. The lowest BCUT2D eigenvalue weighted by Crippen LogP contribution is -2.40. The van der Waals surface area contributed by atoms with E-state index < -0.39 is 5.60 Å². The highest BCUT2D eigenvalue weighted by Crippen LogP contribution is 2.47. The molecule has 0 aliphatic carbocycles. The molecule has 1 amide bonds. The summed E-state index contributed by atoms with van der Waals surface area (Å²) in [6.45, 7) is 5.75. The Bertz CT molecular complexity index is 495. The molecular weight excluding hydrogens is 252 g/mol. The average molecular weight is 274 g/mol. The first-order valence-electron chi connectivity index (χ1n) is 7.37. The van der Waals surface area contributed by atoms with Crippen LogP contribution in [-0.4, -0.2) is 33.7 Å². The van der Waals surface area contributed by atoms with Crippen molar-refractivity contribution in [1.29, 1.82) is 0 Å². The molecule has 3 rings (SSSR count). The Morgan fingerprint density at radius 1 is 1.40 bits per heavy atom. The minimum absolute atomic E-state index is 0.156. The van der Waals surface area contributed by atoms with Crippen LogP contribution in [0.1, 0.15) is 51.5 Å². The van der Waals surface area contributed by atoms with Crippen LogP contribution in [0.2, 0.25) is 0 Å². The molecule has 0 aromatic carbocycles. The molecule has 2 aliphatic rings. The fraction of sp³-hybridized carbons (Fsp3) is 0.625. The molecule has 3 atom stereocenters. The van der Waals surface area contributed by atoms with Crippen molar-refractivity contribution in [2.75, 3.05) is 0 Å². The molecule has 108 valence electrons. The Morgan fingerprint density at radius 2 is 2.20 bits per heavy atom. The van der Waals surface area contributed by atoms with E-state index in [2.05, 4.69) is 11.1 Å². The summed E-state index contributed by atoms with van der Waals surface area (Å²) in [5, 5.41) is 0. The summed E-state index contributed by atoms with van der Waals surface area (Å²) in [4.78, 5) is 18.6. The summed E-state index contributed by atoms with van der Waals surface area (Å²) < 4.78 is 5.56. The van der Waals surface area contributed by atoms with E-state index in [4.69, 9.17) is 4.74 Å². The van der Waals surface area contributed by atoms with Crippen LogP contribution in [-0.2, 0) is 4.74 Å². The van der Waals surface area contributed by atoms with Gasteiger partial charge in [0.25, 0.3) is 0 Å². The van der Waals surface area contributed by atoms with Crippen LogP contribution in [0.25, 0.3) is 0 Å². The third-order valence-corrected chi connectivity index (χ3v) is 4.25. The van der Waals surface area contributed by atoms with E-state index in [1.54, 1.807) is 6.20 Å². The van der Waals surface area contributed by atoms with Gasteiger partial charge in [-0.25, -0.2) is 4.79 Å². The van der Waals surface area contributed by atoms with E-state index in [0.717, 1.165) is 19.3 Å². The number of aromatic nitrogens is 1. The standard InChI is InChI=1S/C16H22N2O2/c1-16(2,3)20-15(19)18-12-6-7-14(18)13(9-12)11-5-4-8-17-10-11/h4-5,8,10,12-14H,6-7,9H2,1-3H3. The zero-order valence-corrected chi connectivity index (χ0v) is 12.4. The Hall–Kier alpha value is -1.58. The number of fused-ring (bicyclic) bond motifs is 2. The predicted octanol–water partition coefficient (Wildman–Crippen LogP) is 3.34. The van der Waals surface area contributed by atoms with Gasteiger partial charge in [-0.1, -0.05) is 6.07 Å². The molecule has 1 aromatic heterocycles. The van der Waals surface area contributed by atoms with Crippen molar-refractivity contribution >= 4 is 6.09 Å². The summed E-state index contributed by atoms with van der Waals surface area (Å²) in [7, 11) is 0. The van der Waals surface area contributed by atoms with Crippen LogP contribution in [0.3, 0.4) is 0 Å². The lowest BCUT2D eigenvalue weighted by molar-refractivity contribution is 0.0213. The van der Waals surface area contributed by atoms with Crippen molar-refractivity contribution in [1.82, 2.24) is 9.88 Å². The first-order chi connectivity index (χ1) is 9.46. The molecule has 0 N–H and O–H groups in total. The highest BCUT2D eigenvalue weighted by Gasteiger charge is 2.50. The lowest BCUT2D eigenvalue weighted by Gasteiger charge is -2.28. The average Bonchev–Trinajstić information content (AvgIpc) is 2.95. The maximum atomic E-state index is 12.4. The number of rotatable bonds is 1. The fourth-order valence-corrected chi connectivity index (χ4v) is 3.54. The summed E-state index contributed by atoms with van der Waals surface area (Å²) >= 11 is 0. The van der Waals surface area contributed by atoms with Gasteiger partial charge in [0.15, 0.2) is 0 Å². The topological polar surface area (TPSA) is 42.4 Å². The van der Waals surface area contributed by atoms with Crippen molar-refractivity contribution in [3.8, 4) is 0 Å². The van der Waals surface area contributed by atoms with Crippen molar-refractivity contribution in [3.63, 3.8) is 0 Å². The molecule has 0 radical (unpaired) electrons. The largest absolute Gasteiger partial charge is 0.444 e. The van der Waals surface area contributed by atoms with Gasteiger partial charge in [0.2, 0.25) is 0 Å². The monoisotopic (exact) mass is 274 g/mol. The predicted molar refractivity (Wildman–Crippen MR) is 76.5 cm³/mol. The van der Waals surface area contributed by atoms with Crippen LogP contribution < -0.4 is 0 Å². The summed E-state index contributed by atoms with van der Waals surface area (Å²) in [6.07, 6.45) is 6.78. The van der Waals surface area contributed by atoms with Crippen LogP contribution in [0.15, 0.2) is 24.5 Å². The Morgan fingerprint density at radius 3 is 2.85 bits per heavy atom. The van der Waals surface area contributed by atoms with Gasteiger partial charge in [0.1, 0.15) is 5.60 Å². The van der Waals surface area contributed by atoms with Crippen LogP contribution in [0.4, 0.5) is 4.79 Å². The normalized spacial score (nSPS) is 28.8. The molecule has 4 nitrogen and oxygen atoms in total. The number of carbonyl (C=O) groups is 1. The van der Waals surface area contributed by atoms with Crippen molar-refractivity contribution in [2.24, 2.45) is 0 Å². The van der Waals surface area contributed by atoms with Crippen molar-refractivity contribution in [3.05, 3.63) is 30.1 Å². The van der Waals surface area contributed by atoms with E-state index in [1.807, 2.05) is 37.9 Å². The molecule has 2 aliphatic heterocycles. The number of hydrogen-bond acceptors (Lipinski definition) is 3. The van der Waals surface area contributed by atoms with Gasteiger partial charge in [0, 0.05) is 30.4 Å². The number of hydrogen-bond donors (Lipinski definition) is 0. The van der Waals surface area contributed by atoms with E-state index >= 15 is 0 Å². The molecule has 3 unspecified atom stereocenters. The van der Waals surface area contributed by atoms with Gasteiger partial charge >= 0.3 is 6.09 Å². The number of pyridine rings is 1. The molecule has 2 saturated heterocycles. The Kier molecular flexibility index (Phi) is 3.19. The number of nitrogens with zero attached hydrogens (tertiary/aromatic N) is 2. The van der Waals surface area contributed by atoms with Crippen LogP contribution in [0.5, 0.6) is 0 Å². The van der Waals surface area contributed by atoms with Gasteiger partial charge < -0.3 is 9.64 Å². The fourth-order valence-electron chi connectivity index (χ4n) is 3.54. The van der Waals surface area contributed by atoms with E-state index in [9.17, 15) is 4.79 Å². The van der Waals surface area contributed by atoms with E-state index in [1.165, 1.54) is 5.56 Å². The summed E-state index contributed by atoms with van der Waals surface area (Å²) in [5.41, 5.74) is 0.816. The molecule has 2 fully saturated rings. The van der Waals surface area contributed by atoms with Crippen molar-refractivity contribution in [2.45, 2.75) is 63.6 Å². The molecule has 0 spiro atoms. The van der Waals surface area contributed by atoms with Gasteiger partial charge in [-0.15, -0.1) is 0 Å². The smallest absolute Gasteiger partial charge is 0.410 e. The molecule has 1 aromatic rings. The number of ether oxygens (including phenoxy) is 1. The zero-order chi connectivity index (χ0) is 14.3. The minimum Gasteiger partial charge on any atom is -0.444 e. The summed E-state index contributed by atoms with van der Waals surface area (Å²) in [6, 6.07) is 4.70. The third kappa shape index (κ3) is 2.39. The lowest BCUT2D eigenvalue weighted by atomic mass is 9.85. The molecule has 2 bridgehead atoms. The quantitative estimate of drug-likeness (QED) is 0.788. The highest BCUT2D eigenvalue weighted by atomic mass is 16.6. The number of carbonyl (C=O) groups excluding carboxylic acids is 1. The molecule has 0 saturated carbocycles. The van der Waals surface area contributed by atoms with Crippen molar-refractivity contribution < 1.29 is 9.53 Å². The zero-order valence-electron chi connectivity index (χ0n) is 12.4. The molecule has 20 heavy (non-hydrogen) atoms. The SMILES string of the molecule is CC(C)(C)OC(=O)N1C2CCC1C(c1cccnc1)C2. The maximum Gasteiger partial charge on any atom is 0.410 e. The van der Waals surface area contributed by atoms with E-state index in [-0.39, 0.29) is 12.1 Å². The van der Waals surface area contributed by atoms with E-state index in [0.29, 0.717) is 12.0 Å². The molecule has 4 heteroatoms. The second-order valence-electron chi connectivity index (χ2n) is 6.81. The third-order valence-electron chi connectivity index (χ3n) is 4.25. The highest BCUT2D eigenvalue weighted by molar-refractivity contribution is 5.70. The van der Waals surface area contributed by atoms with Gasteiger partial charge in [-0.3, -0.25) is 4.98 Å². The maximum absolute atomic E-state index is 12.4. The van der Waals surface area contributed by atoms with Crippen LogP contribution in [0, 0.1) is 0 Å². The van der Waals surface area contributed by atoms with Gasteiger partial charge in [0.05, 0.1) is 0 Å². The van der Waals surface area contributed by atoms with Crippen LogP contribution >= 0.6 is 0 Å². The first-order valence-corrected chi connectivity index (χ1v) is 7.37. The second kappa shape index (κ2) is 4.76. The first kappa shape index (κ1) is 13.4. The molecular formula is C16H22N2O2. The Balaban J connectivity index is 1.78.